The molecule has 2 heterocycles. The molecule has 2 aliphatic heterocycles. The maximum Gasteiger partial charge on any atom is 0.494 e. The van der Waals surface area contributed by atoms with Gasteiger partial charge in [0.1, 0.15) is 12.2 Å². The van der Waals surface area contributed by atoms with Crippen LogP contribution in [0, 0.1) is 23.7 Å². The number of carbonyl (C=O) groups excluding carboxylic acids is 2. The molecule has 10 heteroatoms. The van der Waals surface area contributed by atoms with Gasteiger partial charge in [-0.2, -0.15) is 0 Å². The minimum absolute atomic E-state index is 0.261. The minimum Gasteiger partial charge on any atom is -0.457 e. The second-order valence-electron chi connectivity index (χ2n) is 14.2. The lowest BCUT2D eigenvalue weighted by Gasteiger charge is -2.46. The van der Waals surface area contributed by atoms with E-state index >= 15 is 0 Å². The van der Waals surface area contributed by atoms with Gasteiger partial charge in [-0.25, -0.2) is 0 Å². The Morgan fingerprint density at radius 3 is 1.88 bits per heavy atom. The molecule has 2 saturated heterocycles. The van der Waals surface area contributed by atoms with Crippen LogP contribution < -0.4 is 5.46 Å². The molecule has 40 heavy (non-hydrogen) atoms. The lowest BCUT2D eigenvalue weighted by Crippen LogP contribution is -2.55. The molecule has 0 aliphatic carbocycles. The van der Waals surface area contributed by atoms with Crippen LogP contribution in [-0.2, 0) is 37.6 Å². The summed E-state index contributed by atoms with van der Waals surface area (Å²) in [5, 5.41) is 0. The maximum atomic E-state index is 13.2. The van der Waals surface area contributed by atoms with Gasteiger partial charge in [-0.1, -0.05) is 25.1 Å². The number of hydrogen-bond donors (Lipinski definition) is 0. The summed E-state index contributed by atoms with van der Waals surface area (Å²) in [6.45, 7) is 23.0. The number of carbonyl (C=O) groups is 2. The molecule has 1 aromatic rings. The minimum atomic E-state index is -0.866. The van der Waals surface area contributed by atoms with E-state index in [9.17, 15) is 9.59 Å². The van der Waals surface area contributed by atoms with Crippen LogP contribution in [0.4, 0.5) is 0 Å². The Morgan fingerprint density at radius 2 is 1.43 bits per heavy atom. The summed E-state index contributed by atoms with van der Waals surface area (Å²) < 4.78 is 36.8. The normalized spacial score (nSPS) is 28.3. The summed E-state index contributed by atoms with van der Waals surface area (Å²) in [4.78, 5) is 26.3. The predicted molar refractivity (Wildman–Crippen MR) is 158 cm³/mol. The van der Waals surface area contributed by atoms with Crippen molar-refractivity contribution in [3.8, 4) is 0 Å². The van der Waals surface area contributed by atoms with Crippen LogP contribution in [-0.4, -0.2) is 55.2 Å². The molecule has 0 radical (unpaired) electrons. The molecule has 1 unspecified atom stereocenters. The summed E-state index contributed by atoms with van der Waals surface area (Å²) in [7, 11) is 1.73. The summed E-state index contributed by atoms with van der Waals surface area (Å²) >= 11 is 0. The number of hydrogen-bond acceptors (Lipinski definition) is 8. The van der Waals surface area contributed by atoms with Gasteiger partial charge in [-0.3, -0.25) is 9.59 Å². The second-order valence-corrected chi connectivity index (χ2v) is 14.6. The molecule has 2 fully saturated rings. The van der Waals surface area contributed by atoms with Crippen molar-refractivity contribution in [2.75, 3.05) is 6.61 Å². The molecule has 0 N–H and O–H groups in total. The fourth-order valence-electron chi connectivity index (χ4n) is 4.66. The van der Waals surface area contributed by atoms with Crippen molar-refractivity contribution in [3.05, 3.63) is 29.3 Å². The van der Waals surface area contributed by atoms with Crippen LogP contribution in [0.15, 0.2) is 18.2 Å². The number of ether oxygens (including phenoxy) is 3. The van der Waals surface area contributed by atoms with Crippen LogP contribution in [0.5, 0.6) is 0 Å². The summed E-state index contributed by atoms with van der Waals surface area (Å²) in [5.41, 5.74) is 0.192. The van der Waals surface area contributed by atoms with Gasteiger partial charge < -0.3 is 28.0 Å². The summed E-state index contributed by atoms with van der Waals surface area (Å²) in [6, 6.07) is 5.92. The van der Waals surface area contributed by atoms with E-state index in [1.165, 1.54) is 0 Å². The molecule has 0 aromatic heterocycles. The van der Waals surface area contributed by atoms with E-state index in [0.717, 1.165) is 16.6 Å². The molecule has 0 amide bonds. The molecular weight excluding hydrogens is 530 g/mol. The molecule has 8 nitrogen and oxygen atoms in total. The highest BCUT2D eigenvalue weighted by Crippen LogP contribution is 2.42. The van der Waals surface area contributed by atoms with Crippen molar-refractivity contribution in [3.63, 3.8) is 0 Å². The third kappa shape index (κ3) is 6.92. The zero-order chi connectivity index (χ0) is 30.4. The first kappa shape index (κ1) is 33.0. The lowest BCUT2D eigenvalue weighted by atomic mass is 9.76. The first-order chi connectivity index (χ1) is 18.2. The SMILES string of the molecule is Cc1cc(B2OC(C)(C)C(C)(C)O2)ccc1[C@H]1O[C@H](COP)[C@@H](C)[C@H](OC(=O)C(C)(C)C)[C@@H]1OC(=O)C(C)(C)C. The third-order valence-corrected chi connectivity index (χ3v) is 8.34. The quantitative estimate of drug-likeness (QED) is 0.262. The maximum absolute atomic E-state index is 13.2. The van der Waals surface area contributed by atoms with E-state index in [1.807, 2.05) is 59.7 Å². The molecule has 6 atom stereocenters. The highest BCUT2D eigenvalue weighted by molar-refractivity contribution is 7.09. The summed E-state index contributed by atoms with van der Waals surface area (Å²) in [6.07, 6.45) is -2.72. The monoisotopic (exact) mass is 578 g/mol. The standard InChI is InChI=1S/C30H48BO8P/c1-17-15-19(31-38-29(9,10)30(11,12)39-31)13-14-20(17)23-24(37-26(33)28(6,7)8)22(36-25(32)27(3,4)5)18(2)21(35-23)16-34-40/h13-15,18,21-24H,16,40H2,1-12H3/t18-,21-,22+,23-,24+/m1/s1. The molecule has 0 spiro atoms. The van der Waals surface area contributed by atoms with Crippen molar-refractivity contribution in [1.82, 2.24) is 0 Å². The van der Waals surface area contributed by atoms with Gasteiger partial charge in [-0.05, 0) is 92.8 Å². The smallest absolute Gasteiger partial charge is 0.457 e. The van der Waals surface area contributed by atoms with Gasteiger partial charge in [0, 0.05) is 15.4 Å². The Balaban J connectivity index is 2.05. The third-order valence-electron chi connectivity index (χ3n) is 8.15. The Labute approximate surface area is 242 Å². The van der Waals surface area contributed by atoms with Gasteiger partial charge in [0.25, 0.3) is 0 Å². The predicted octanol–water partition coefficient (Wildman–Crippen LogP) is 5.09. The molecule has 1 aromatic carbocycles. The largest absolute Gasteiger partial charge is 0.494 e. The van der Waals surface area contributed by atoms with Gasteiger partial charge in [0.05, 0.1) is 34.7 Å². The van der Waals surface area contributed by atoms with Crippen molar-refractivity contribution in [1.29, 1.82) is 0 Å². The van der Waals surface area contributed by atoms with Crippen molar-refractivity contribution in [2.45, 2.75) is 119 Å². The van der Waals surface area contributed by atoms with Crippen LogP contribution in [0.1, 0.15) is 93.4 Å². The van der Waals surface area contributed by atoms with Crippen LogP contribution in [0.2, 0.25) is 0 Å². The molecule has 3 rings (SSSR count). The van der Waals surface area contributed by atoms with E-state index in [2.05, 4.69) is 9.47 Å². The molecule has 224 valence electrons. The number of esters is 2. The fourth-order valence-corrected chi connectivity index (χ4v) is 4.85. The molecular formula is C30H48BO8P. The summed E-state index contributed by atoms with van der Waals surface area (Å²) in [5.74, 6) is -1.08. The number of rotatable bonds is 6. The Hall–Kier alpha value is -1.51. The fraction of sp³-hybridized carbons (Fsp3) is 0.733. The first-order valence-corrected chi connectivity index (χ1v) is 14.5. The highest BCUT2D eigenvalue weighted by atomic mass is 31.0. The Morgan fingerprint density at radius 1 is 0.925 bits per heavy atom. The number of aryl methyl sites for hydroxylation is 1. The van der Waals surface area contributed by atoms with E-state index < -0.39 is 59.5 Å². The van der Waals surface area contributed by atoms with E-state index in [4.69, 9.17) is 28.0 Å². The van der Waals surface area contributed by atoms with Gasteiger partial charge in [-0.15, -0.1) is 0 Å². The van der Waals surface area contributed by atoms with Crippen LogP contribution in [0.3, 0.4) is 0 Å². The first-order valence-electron chi connectivity index (χ1n) is 14.0. The van der Waals surface area contributed by atoms with E-state index in [1.54, 1.807) is 41.5 Å². The molecule has 2 aliphatic rings. The van der Waals surface area contributed by atoms with Gasteiger partial charge >= 0.3 is 19.1 Å². The Bertz CT molecular complexity index is 1070. The van der Waals surface area contributed by atoms with Crippen LogP contribution >= 0.6 is 9.47 Å². The van der Waals surface area contributed by atoms with Gasteiger partial charge in [0.2, 0.25) is 0 Å². The Kier molecular flexibility index (Phi) is 9.61. The molecule has 0 saturated carbocycles. The molecule has 0 bridgehead atoms. The van der Waals surface area contributed by atoms with E-state index in [0.29, 0.717) is 0 Å². The van der Waals surface area contributed by atoms with Crippen LogP contribution in [0.25, 0.3) is 0 Å². The van der Waals surface area contributed by atoms with E-state index in [-0.39, 0.29) is 18.5 Å². The highest BCUT2D eigenvalue weighted by Gasteiger charge is 2.53. The zero-order valence-corrected chi connectivity index (χ0v) is 27.4. The average Bonchev–Trinajstić information content (AvgIpc) is 3.03. The topological polar surface area (TPSA) is 89.5 Å². The van der Waals surface area contributed by atoms with Crippen molar-refractivity contribution >= 4 is 34.0 Å². The zero-order valence-electron chi connectivity index (χ0n) is 26.2. The lowest BCUT2D eigenvalue weighted by molar-refractivity contribution is -0.236. The number of benzene rings is 1. The average molecular weight is 578 g/mol. The van der Waals surface area contributed by atoms with Gasteiger partial charge in [0.15, 0.2) is 6.10 Å². The van der Waals surface area contributed by atoms with Crippen molar-refractivity contribution in [2.24, 2.45) is 16.7 Å². The second kappa shape index (κ2) is 11.6. The van der Waals surface area contributed by atoms with Crippen molar-refractivity contribution < 1.29 is 37.6 Å².